The van der Waals surface area contributed by atoms with Crippen molar-refractivity contribution >= 4 is 35.8 Å². The van der Waals surface area contributed by atoms with Gasteiger partial charge in [0.1, 0.15) is 5.60 Å². The fraction of sp³-hybridized carbons (Fsp3) is 0.600. The molecule has 152 valence electrons. The van der Waals surface area contributed by atoms with Gasteiger partial charge in [-0.05, 0) is 38.7 Å². The average Bonchev–Trinajstić information content (AvgIpc) is 2.58. The Morgan fingerprint density at radius 2 is 1.85 bits per heavy atom. The zero-order chi connectivity index (χ0) is 18.8. The van der Waals surface area contributed by atoms with E-state index in [9.17, 15) is 9.90 Å². The molecule has 0 aliphatic heterocycles. The van der Waals surface area contributed by atoms with Crippen LogP contribution in [0.5, 0.6) is 0 Å². The molecule has 0 spiro atoms. The van der Waals surface area contributed by atoms with Crippen LogP contribution in [0.15, 0.2) is 35.3 Å². The van der Waals surface area contributed by atoms with E-state index in [2.05, 4.69) is 20.9 Å². The van der Waals surface area contributed by atoms with Gasteiger partial charge in [-0.3, -0.25) is 4.79 Å². The minimum Gasteiger partial charge on any atom is -0.384 e. The van der Waals surface area contributed by atoms with Gasteiger partial charge in [-0.15, -0.1) is 24.0 Å². The van der Waals surface area contributed by atoms with Crippen LogP contribution in [0, 0.1) is 5.92 Å². The molecule has 0 saturated heterocycles. The van der Waals surface area contributed by atoms with Crippen molar-refractivity contribution in [3.8, 4) is 0 Å². The van der Waals surface area contributed by atoms with Crippen molar-refractivity contribution in [1.82, 2.24) is 16.0 Å². The third-order valence-corrected chi connectivity index (χ3v) is 4.71. The molecule has 27 heavy (non-hydrogen) atoms. The van der Waals surface area contributed by atoms with Crippen molar-refractivity contribution in [2.24, 2.45) is 10.9 Å². The van der Waals surface area contributed by atoms with Crippen LogP contribution < -0.4 is 16.0 Å². The van der Waals surface area contributed by atoms with E-state index in [-0.39, 0.29) is 42.3 Å². The number of amides is 1. The highest BCUT2D eigenvalue weighted by Gasteiger charge is 2.24. The largest absolute Gasteiger partial charge is 0.384 e. The molecular weight excluding hydrogens is 455 g/mol. The Labute approximate surface area is 179 Å². The topological polar surface area (TPSA) is 85.8 Å². The lowest BCUT2D eigenvalue weighted by atomic mass is 9.85. The number of aliphatic hydroxyl groups is 1. The Kier molecular flexibility index (Phi) is 10.7. The maximum atomic E-state index is 11.8. The number of aliphatic imine (C=N–C) groups is 1. The number of hydrogen-bond acceptors (Lipinski definition) is 3. The molecule has 7 heteroatoms. The summed E-state index contributed by atoms with van der Waals surface area (Å²) in [6, 6.07) is 9.56. The first-order valence-electron chi connectivity index (χ1n) is 9.60. The van der Waals surface area contributed by atoms with E-state index in [1.807, 2.05) is 37.3 Å². The zero-order valence-electron chi connectivity index (χ0n) is 16.3. The minimum absolute atomic E-state index is 0. The quantitative estimate of drug-likeness (QED) is 0.186. The molecule has 0 aromatic heterocycles. The molecule has 4 N–H and O–H groups in total. The van der Waals surface area contributed by atoms with Gasteiger partial charge in [0.05, 0.1) is 6.54 Å². The van der Waals surface area contributed by atoms with Crippen LogP contribution in [0.3, 0.4) is 0 Å². The second-order valence-electron chi connectivity index (χ2n) is 7.03. The average molecular weight is 488 g/mol. The molecule has 2 rings (SSSR count). The van der Waals surface area contributed by atoms with E-state index in [0.29, 0.717) is 19.0 Å². The standard InChI is InChI=1S/C20H32N4O2.HI/c1-3-21-19(23-14-8-13-22-18(25)16-9-7-10-16)24-15-20(2,26)17-11-5-4-6-12-17;/h4-6,11-12,16,26H,3,7-10,13-15H2,1-2H3,(H,22,25)(H2,21,23,24);1H. The SMILES string of the molecule is CCNC(=NCC(C)(O)c1ccccc1)NCCCNC(=O)C1CCC1.I. The monoisotopic (exact) mass is 488 g/mol. The van der Waals surface area contributed by atoms with Gasteiger partial charge in [0, 0.05) is 25.6 Å². The number of rotatable bonds is 9. The molecule has 0 bridgehead atoms. The molecular formula is C20H33IN4O2. The van der Waals surface area contributed by atoms with Crippen LogP contribution in [0.1, 0.15) is 45.1 Å². The number of nitrogens with one attached hydrogen (secondary N) is 3. The highest BCUT2D eigenvalue weighted by molar-refractivity contribution is 14.0. The third-order valence-electron chi connectivity index (χ3n) is 4.71. The summed E-state index contributed by atoms with van der Waals surface area (Å²) >= 11 is 0. The van der Waals surface area contributed by atoms with Crippen molar-refractivity contribution < 1.29 is 9.90 Å². The van der Waals surface area contributed by atoms with Crippen molar-refractivity contribution in [1.29, 1.82) is 0 Å². The smallest absolute Gasteiger partial charge is 0.223 e. The highest BCUT2D eigenvalue weighted by Crippen LogP contribution is 2.26. The van der Waals surface area contributed by atoms with Crippen molar-refractivity contribution in [3.05, 3.63) is 35.9 Å². The third kappa shape index (κ3) is 8.04. The predicted octanol–water partition coefficient (Wildman–Crippen LogP) is 2.37. The molecule has 1 unspecified atom stereocenters. The molecule has 1 aromatic carbocycles. The highest BCUT2D eigenvalue weighted by atomic mass is 127. The number of halogens is 1. The van der Waals surface area contributed by atoms with Gasteiger partial charge >= 0.3 is 0 Å². The van der Waals surface area contributed by atoms with E-state index < -0.39 is 5.60 Å². The lowest BCUT2D eigenvalue weighted by Gasteiger charge is -2.24. The van der Waals surface area contributed by atoms with Gasteiger partial charge in [0.25, 0.3) is 0 Å². The molecule has 0 heterocycles. The lowest BCUT2D eigenvalue weighted by Crippen LogP contribution is -2.40. The molecule has 1 saturated carbocycles. The number of carbonyl (C=O) groups is 1. The first-order chi connectivity index (χ1) is 12.5. The fourth-order valence-electron chi connectivity index (χ4n) is 2.78. The van der Waals surface area contributed by atoms with Crippen LogP contribution in [0.4, 0.5) is 0 Å². The Hall–Kier alpha value is -1.35. The number of guanidine groups is 1. The Morgan fingerprint density at radius 3 is 2.44 bits per heavy atom. The zero-order valence-corrected chi connectivity index (χ0v) is 18.7. The Balaban J connectivity index is 0.00000364. The van der Waals surface area contributed by atoms with Crippen LogP contribution in [0.25, 0.3) is 0 Å². The summed E-state index contributed by atoms with van der Waals surface area (Å²) in [7, 11) is 0. The van der Waals surface area contributed by atoms with E-state index in [1.165, 1.54) is 6.42 Å². The second kappa shape index (κ2) is 12.2. The maximum Gasteiger partial charge on any atom is 0.223 e. The summed E-state index contributed by atoms with van der Waals surface area (Å²) in [5, 5.41) is 20.1. The fourth-order valence-corrected chi connectivity index (χ4v) is 2.78. The van der Waals surface area contributed by atoms with E-state index >= 15 is 0 Å². The van der Waals surface area contributed by atoms with Crippen LogP contribution in [0.2, 0.25) is 0 Å². The van der Waals surface area contributed by atoms with Crippen LogP contribution in [-0.2, 0) is 10.4 Å². The Morgan fingerprint density at radius 1 is 1.19 bits per heavy atom. The van der Waals surface area contributed by atoms with Gasteiger partial charge in [-0.1, -0.05) is 36.8 Å². The molecule has 1 amide bonds. The maximum absolute atomic E-state index is 11.8. The number of hydrogen-bond donors (Lipinski definition) is 4. The predicted molar refractivity (Wildman–Crippen MR) is 120 cm³/mol. The van der Waals surface area contributed by atoms with Gasteiger partial charge in [0.2, 0.25) is 5.91 Å². The van der Waals surface area contributed by atoms with Gasteiger partial charge in [0.15, 0.2) is 5.96 Å². The summed E-state index contributed by atoms with van der Waals surface area (Å²) in [6.07, 6.45) is 4.07. The minimum atomic E-state index is -1.01. The normalized spacial score (nSPS) is 16.5. The Bertz CT molecular complexity index is 589. The molecule has 1 aromatic rings. The molecule has 1 aliphatic rings. The summed E-state index contributed by atoms with van der Waals surface area (Å²) < 4.78 is 0. The summed E-state index contributed by atoms with van der Waals surface area (Å²) in [5.74, 6) is 1.10. The van der Waals surface area contributed by atoms with E-state index in [0.717, 1.165) is 31.4 Å². The summed E-state index contributed by atoms with van der Waals surface area (Å²) in [5.41, 5.74) is -0.168. The number of benzene rings is 1. The molecule has 1 atom stereocenters. The van der Waals surface area contributed by atoms with Crippen molar-refractivity contribution in [2.75, 3.05) is 26.2 Å². The lowest BCUT2D eigenvalue weighted by molar-refractivity contribution is -0.127. The molecule has 0 radical (unpaired) electrons. The van der Waals surface area contributed by atoms with E-state index in [4.69, 9.17) is 0 Å². The summed E-state index contributed by atoms with van der Waals surface area (Å²) in [4.78, 5) is 16.3. The van der Waals surface area contributed by atoms with Gasteiger partial charge < -0.3 is 21.1 Å². The second-order valence-corrected chi connectivity index (χ2v) is 7.03. The first kappa shape index (κ1) is 23.7. The number of nitrogens with zero attached hydrogens (tertiary/aromatic N) is 1. The van der Waals surface area contributed by atoms with E-state index in [1.54, 1.807) is 6.92 Å². The van der Waals surface area contributed by atoms with Crippen LogP contribution >= 0.6 is 24.0 Å². The van der Waals surface area contributed by atoms with Gasteiger partial charge in [-0.2, -0.15) is 0 Å². The van der Waals surface area contributed by atoms with Crippen LogP contribution in [-0.4, -0.2) is 43.2 Å². The molecule has 6 nitrogen and oxygen atoms in total. The first-order valence-corrected chi connectivity index (χ1v) is 9.60. The van der Waals surface area contributed by atoms with Gasteiger partial charge in [-0.25, -0.2) is 4.99 Å². The van der Waals surface area contributed by atoms with Crippen molar-refractivity contribution in [3.63, 3.8) is 0 Å². The number of carbonyl (C=O) groups excluding carboxylic acids is 1. The molecule has 1 fully saturated rings. The molecule has 1 aliphatic carbocycles. The van der Waals surface area contributed by atoms with Crippen molar-refractivity contribution in [2.45, 2.75) is 45.1 Å². The summed E-state index contributed by atoms with van der Waals surface area (Å²) in [6.45, 7) is 6.17.